The maximum Gasteiger partial charge on any atom is 0.160 e. The molecule has 1 aromatic carbocycles. The lowest BCUT2D eigenvalue weighted by atomic mass is 9.91. The van der Waals surface area contributed by atoms with E-state index in [1.807, 2.05) is 63.3 Å². The number of benzene rings is 1. The van der Waals surface area contributed by atoms with Gasteiger partial charge in [0.1, 0.15) is 0 Å². The minimum Gasteiger partial charge on any atom is -0.294 e. The highest BCUT2D eigenvalue weighted by atomic mass is 16.1. The zero-order valence-corrected chi connectivity index (χ0v) is 10.1. The van der Waals surface area contributed by atoms with Gasteiger partial charge in [-0.2, -0.15) is 0 Å². The van der Waals surface area contributed by atoms with Crippen LogP contribution < -0.4 is 0 Å². The largest absolute Gasteiger partial charge is 0.294 e. The van der Waals surface area contributed by atoms with Crippen molar-refractivity contribution in [2.45, 2.75) is 20.8 Å². The fraction of sp³-hybridized carbons (Fsp3) is 0.267. The van der Waals surface area contributed by atoms with Crippen molar-refractivity contribution >= 4 is 11.9 Å². The van der Waals surface area contributed by atoms with E-state index < -0.39 is 0 Å². The van der Waals surface area contributed by atoms with Gasteiger partial charge in [0.15, 0.2) is 5.78 Å². The van der Waals surface area contributed by atoms with Gasteiger partial charge in [-0.3, -0.25) is 4.79 Å². The van der Waals surface area contributed by atoms with Crippen LogP contribution in [0.15, 0.2) is 48.6 Å². The summed E-state index contributed by atoms with van der Waals surface area (Å²) in [6.07, 6.45) is 7.28. The van der Waals surface area contributed by atoms with Crippen LogP contribution in [0.3, 0.4) is 0 Å². The van der Waals surface area contributed by atoms with Crippen LogP contribution in [0.5, 0.6) is 0 Å². The number of carbonyl (C=O) groups excluding carboxylic acids is 1. The van der Waals surface area contributed by atoms with Gasteiger partial charge in [-0.15, -0.1) is 0 Å². The Morgan fingerprint density at radius 3 is 2.25 bits per heavy atom. The summed E-state index contributed by atoms with van der Waals surface area (Å²) in [6, 6.07) is 10.0. The van der Waals surface area contributed by atoms with Gasteiger partial charge >= 0.3 is 0 Å². The Bertz CT molecular complexity index is 391. The third-order valence-corrected chi connectivity index (χ3v) is 2.19. The number of carbonyl (C=O) groups is 1. The van der Waals surface area contributed by atoms with Gasteiger partial charge in [-0.25, -0.2) is 0 Å². The Kier molecular flexibility index (Phi) is 4.24. The molecule has 0 aliphatic carbocycles. The minimum absolute atomic E-state index is 0.144. The summed E-state index contributed by atoms with van der Waals surface area (Å²) in [5, 5.41) is 0. The summed E-state index contributed by atoms with van der Waals surface area (Å²) in [5.74, 6) is 0.144. The van der Waals surface area contributed by atoms with Crippen LogP contribution in [-0.2, 0) is 4.79 Å². The Labute approximate surface area is 97.5 Å². The molecule has 0 amide bonds. The van der Waals surface area contributed by atoms with Crippen LogP contribution >= 0.6 is 0 Å². The summed E-state index contributed by atoms with van der Waals surface area (Å²) in [5.41, 5.74) is 0.840. The summed E-state index contributed by atoms with van der Waals surface area (Å²) in [7, 11) is 0. The second-order valence-electron chi connectivity index (χ2n) is 4.74. The molecular formula is C15H18O. The number of ketones is 1. The lowest BCUT2D eigenvalue weighted by Crippen LogP contribution is -2.17. The van der Waals surface area contributed by atoms with Gasteiger partial charge in [0.25, 0.3) is 0 Å². The molecule has 0 N–H and O–H groups in total. The van der Waals surface area contributed by atoms with Crippen molar-refractivity contribution < 1.29 is 4.79 Å². The highest BCUT2D eigenvalue weighted by Crippen LogP contribution is 2.14. The molecule has 16 heavy (non-hydrogen) atoms. The molecule has 0 saturated heterocycles. The molecule has 0 aliphatic rings. The third kappa shape index (κ3) is 4.26. The Balaban J connectivity index is 2.56. The van der Waals surface area contributed by atoms with Gasteiger partial charge in [0.2, 0.25) is 0 Å². The monoisotopic (exact) mass is 214 g/mol. The summed E-state index contributed by atoms with van der Waals surface area (Å²) < 4.78 is 0. The lowest BCUT2D eigenvalue weighted by molar-refractivity contribution is -0.121. The van der Waals surface area contributed by atoms with Crippen molar-refractivity contribution in [1.29, 1.82) is 0 Å². The fourth-order valence-corrected chi connectivity index (χ4v) is 1.12. The molecule has 1 heteroatoms. The summed E-state index contributed by atoms with van der Waals surface area (Å²) in [6.45, 7) is 5.75. The van der Waals surface area contributed by atoms with Gasteiger partial charge in [0, 0.05) is 5.41 Å². The molecule has 0 atom stereocenters. The average molecular weight is 214 g/mol. The van der Waals surface area contributed by atoms with Crippen molar-refractivity contribution in [3.8, 4) is 0 Å². The van der Waals surface area contributed by atoms with Gasteiger partial charge < -0.3 is 0 Å². The van der Waals surface area contributed by atoms with Crippen LogP contribution in [0.4, 0.5) is 0 Å². The molecule has 0 heterocycles. The SMILES string of the molecule is CC(C)(C)C(=O)C=CC=Cc1ccccc1. The quantitative estimate of drug-likeness (QED) is 0.551. The molecule has 1 nitrogen and oxygen atoms in total. The Morgan fingerprint density at radius 2 is 1.69 bits per heavy atom. The highest BCUT2D eigenvalue weighted by Gasteiger charge is 2.17. The number of hydrogen-bond donors (Lipinski definition) is 0. The van der Waals surface area contributed by atoms with Crippen LogP contribution in [0, 0.1) is 5.41 Å². The maximum absolute atomic E-state index is 11.6. The Hall–Kier alpha value is -1.63. The van der Waals surface area contributed by atoms with E-state index in [9.17, 15) is 4.79 Å². The topological polar surface area (TPSA) is 17.1 Å². The van der Waals surface area contributed by atoms with E-state index in [4.69, 9.17) is 0 Å². The molecule has 0 unspecified atom stereocenters. The zero-order valence-electron chi connectivity index (χ0n) is 10.1. The van der Waals surface area contributed by atoms with Crippen LogP contribution in [-0.4, -0.2) is 5.78 Å². The van der Waals surface area contributed by atoms with Crippen molar-refractivity contribution in [3.63, 3.8) is 0 Å². The van der Waals surface area contributed by atoms with E-state index >= 15 is 0 Å². The molecule has 0 radical (unpaired) electrons. The number of hydrogen-bond acceptors (Lipinski definition) is 1. The maximum atomic E-state index is 11.6. The van der Waals surface area contributed by atoms with Crippen molar-refractivity contribution in [1.82, 2.24) is 0 Å². The van der Waals surface area contributed by atoms with Crippen molar-refractivity contribution in [3.05, 3.63) is 54.1 Å². The van der Waals surface area contributed by atoms with E-state index in [2.05, 4.69) is 0 Å². The van der Waals surface area contributed by atoms with E-state index in [1.54, 1.807) is 12.2 Å². The standard InChI is InChI=1S/C15H18O/c1-15(2,3)14(16)12-8-7-11-13-9-5-4-6-10-13/h4-12H,1-3H3. The lowest BCUT2D eigenvalue weighted by Gasteiger charge is -2.12. The molecule has 0 aromatic heterocycles. The fourth-order valence-electron chi connectivity index (χ4n) is 1.12. The summed E-state index contributed by atoms with van der Waals surface area (Å²) in [4.78, 5) is 11.6. The van der Waals surface area contributed by atoms with E-state index in [0.29, 0.717) is 0 Å². The first-order valence-corrected chi connectivity index (χ1v) is 5.44. The van der Waals surface area contributed by atoms with Gasteiger partial charge in [-0.1, -0.05) is 69.3 Å². The van der Waals surface area contributed by atoms with E-state index in [1.165, 1.54) is 0 Å². The zero-order chi connectivity index (χ0) is 12.0. The van der Waals surface area contributed by atoms with Gasteiger partial charge in [-0.05, 0) is 11.6 Å². The number of rotatable bonds is 3. The molecule has 1 rings (SSSR count). The van der Waals surface area contributed by atoms with Crippen molar-refractivity contribution in [2.75, 3.05) is 0 Å². The van der Waals surface area contributed by atoms with Gasteiger partial charge in [0.05, 0.1) is 0 Å². The van der Waals surface area contributed by atoms with E-state index in [-0.39, 0.29) is 11.2 Å². The average Bonchev–Trinajstić information content (AvgIpc) is 2.24. The second kappa shape index (κ2) is 5.45. The first kappa shape index (κ1) is 12.4. The predicted octanol–water partition coefficient (Wildman–Crippen LogP) is 3.87. The number of allylic oxidation sites excluding steroid dienone is 3. The molecular weight excluding hydrogens is 196 g/mol. The molecule has 0 aliphatic heterocycles. The molecule has 1 aromatic rings. The molecule has 0 bridgehead atoms. The summed E-state index contributed by atoms with van der Waals surface area (Å²) >= 11 is 0. The first-order valence-electron chi connectivity index (χ1n) is 5.44. The molecule has 0 saturated carbocycles. The minimum atomic E-state index is -0.295. The van der Waals surface area contributed by atoms with Crippen LogP contribution in [0.1, 0.15) is 26.3 Å². The normalized spacial score (nSPS) is 12.4. The van der Waals surface area contributed by atoms with E-state index in [0.717, 1.165) is 5.56 Å². The molecule has 84 valence electrons. The first-order chi connectivity index (χ1) is 7.50. The predicted molar refractivity (Wildman–Crippen MR) is 69.1 cm³/mol. The van der Waals surface area contributed by atoms with Crippen LogP contribution in [0.2, 0.25) is 0 Å². The molecule has 0 fully saturated rings. The second-order valence-corrected chi connectivity index (χ2v) is 4.74. The smallest absolute Gasteiger partial charge is 0.160 e. The van der Waals surface area contributed by atoms with Crippen molar-refractivity contribution in [2.24, 2.45) is 5.41 Å². The third-order valence-electron chi connectivity index (χ3n) is 2.19. The highest BCUT2D eigenvalue weighted by molar-refractivity contribution is 5.94. The molecule has 0 spiro atoms. The Morgan fingerprint density at radius 1 is 1.06 bits per heavy atom. The van der Waals surface area contributed by atoms with Crippen LogP contribution in [0.25, 0.3) is 6.08 Å².